The molecule has 1 amide bonds. The fraction of sp³-hybridized carbons (Fsp3) is 0.222. The third-order valence-electron chi connectivity index (χ3n) is 1.50. The summed E-state index contributed by atoms with van der Waals surface area (Å²) in [4.78, 5) is 10.2. The van der Waals surface area contributed by atoms with Crippen molar-refractivity contribution in [2.24, 2.45) is 5.73 Å². The monoisotopic (exact) mass is 196 g/mol. The van der Waals surface area contributed by atoms with Crippen LogP contribution in [0.15, 0.2) is 24.3 Å². The third kappa shape index (κ3) is 3.22. The molecule has 4 N–H and O–H groups in total. The number of anilines is 1. The van der Waals surface area contributed by atoms with Gasteiger partial charge in [0, 0.05) is 0 Å². The molecular formula is C9H12N2O3. The maximum atomic E-state index is 10.2. The average molecular weight is 196 g/mol. The number of amides is 1. The summed E-state index contributed by atoms with van der Waals surface area (Å²) in [5.41, 5.74) is 10.9. The number of carbonyl (C=O) groups is 1. The lowest BCUT2D eigenvalue weighted by Gasteiger charge is -2.07. The number of hydrogen-bond donors (Lipinski definition) is 2. The number of primary amides is 1. The van der Waals surface area contributed by atoms with Gasteiger partial charge in [0.15, 0.2) is 0 Å². The average Bonchev–Trinajstić information content (AvgIpc) is 2.15. The second kappa shape index (κ2) is 4.96. The van der Waals surface area contributed by atoms with E-state index in [-0.39, 0.29) is 13.2 Å². The fourth-order valence-corrected chi connectivity index (χ4v) is 0.906. The highest BCUT2D eigenvalue weighted by molar-refractivity contribution is 5.64. The number of nitrogen functional groups attached to an aromatic ring is 1. The minimum absolute atomic E-state index is 0.115. The molecule has 0 radical (unpaired) electrons. The van der Waals surface area contributed by atoms with E-state index in [0.717, 1.165) is 0 Å². The third-order valence-corrected chi connectivity index (χ3v) is 1.50. The maximum Gasteiger partial charge on any atom is 0.404 e. The number of hydrogen-bond acceptors (Lipinski definition) is 4. The Bertz CT molecular complexity index is 315. The number of nitrogens with two attached hydrogens (primary N) is 2. The molecule has 0 aromatic heterocycles. The van der Waals surface area contributed by atoms with Crippen molar-refractivity contribution in [2.75, 3.05) is 18.9 Å². The molecule has 0 saturated heterocycles. The molecule has 0 unspecified atom stereocenters. The van der Waals surface area contributed by atoms with E-state index in [1.54, 1.807) is 18.2 Å². The second-order valence-electron chi connectivity index (χ2n) is 2.55. The Labute approximate surface area is 81.6 Å². The first-order valence-electron chi connectivity index (χ1n) is 4.09. The summed E-state index contributed by atoms with van der Waals surface area (Å²) in [6.45, 7) is 0.348. The van der Waals surface area contributed by atoms with Crippen LogP contribution in [0.4, 0.5) is 10.5 Å². The quantitative estimate of drug-likeness (QED) is 0.549. The predicted molar refractivity (Wildman–Crippen MR) is 51.9 cm³/mol. The van der Waals surface area contributed by atoms with E-state index < -0.39 is 6.09 Å². The van der Waals surface area contributed by atoms with Gasteiger partial charge < -0.3 is 20.9 Å². The van der Waals surface area contributed by atoms with Gasteiger partial charge in [-0.15, -0.1) is 0 Å². The molecule has 14 heavy (non-hydrogen) atoms. The van der Waals surface area contributed by atoms with Gasteiger partial charge in [-0.1, -0.05) is 12.1 Å². The Balaban J connectivity index is 2.31. The van der Waals surface area contributed by atoms with Crippen molar-refractivity contribution in [1.29, 1.82) is 0 Å². The molecule has 5 heteroatoms. The minimum Gasteiger partial charge on any atom is -0.488 e. The van der Waals surface area contributed by atoms with Crippen molar-refractivity contribution in [3.8, 4) is 5.75 Å². The molecule has 0 aliphatic carbocycles. The minimum atomic E-state index is -0.811. The molecule has 0 aliphatic heterocycles. The molecule has 1 aromatic carbocycles. The van der Waals surface area contributed by atoms with Crippen molar-refractivity contribution in [1.82, 2.24) is 0 Å². The molecule has 0 atom stereocenters. The highest BCUT2D eigenvalue weighted by atomic mass is 16.6. The second-order valence-corrected chi connectivity index (χ2v) is 2.55. The van der Waals surface area contributed by atoms with Gasteiger partial charge in [-0.05, 0) is 12.1 Å². The van der Waals surface area contributed by atoms with E-state index in [1.807, 2.05) is 6.07 Å². The van der Waals surface area contributed by atoms with Crippen LogP contribution in [0.3, 0.4) is 0 Å². The molecule has 0 saturated carbocycles. The first kappa shape index (κ1) is 10.2. The maximum absolute atomic E-state index is 10.2. The van der Waals surface area contributed by atoms with Gasteiger partial charge in [0.2, 0.25) is 0 Å². The van der Waals surface area contributed by atoms with Gasteiger partial charge in [0.25, 0.3) is 0 Å². The van der Waals surface area contributed by atoms with Gasteiger partial charge in [-0.3, -0.25) is 0 Å². The predicted octanol–water partition coefficient (Wildman–Crippen LogP) is 0.743. The zero-order chi connectivity index (χ0) is 10.4. The molecule has 1 aromatic rings. The summed E-state index contributed by atoms with van der Waals surface area (Å²) in [6.07, 6.45) is -0.811. The standard InChI is InChI=1S/C9H12N2O3/c10-7-3-1-2-4-8(7)13-5-6-14-9(11)12/h1-4H,5-6,10H2,(H2,11,12). The fourth-order valence-electron chi connectivity index (χ4n) is 0.906. The number of para-hydroxylation sites is 2. The van der Waals surface area contributed by atoms with Crippen LogP contribution in [0.1, 0.15) is 0 Å². The summed E-state index contributed by atoms with van der Waals surface area (Å²) in [5.74, 6) is 0.570. The highest BCUT2D eigenvalue weighted by Gasteiger charge is 1.98. The molecule has 0 heterocycles. The number of benzene rings is 1. The Kier molecular flexibility index (Phi) is 3.60. The lowest BCUT2D eigenvalue weighted by Crippen LogP contribution is -2.17. The van der Waals surface area contributed by atoms with Crippen LogP contribution in [-0.4, -0.2) is 19.3 Å². The Hall–Kier alpha value is -1.91. The summed E-state index contributed by atoms with van der Waals surface area (Å²) in [6, 6.07) is 7.08. The van der Waals surface area contributed by atoms with E-state index in [0.29, 0.717) is 11.4 Å². The molecule has 0 fully saturated rings. The van der Waals surface area contributed by atoms with Gasteiger partial charge in [0.05, 0.1) is 5.69 Å². The van der Waals surface area contributed by atoms with Crippen LogP contribution in [0, 0.1) is 0 Å². The topological polar surface area (TPSA) is 87.6 Å². The summed E-state index contributed by atoms with van der Waals surface area (Å²) < 4.78 is 9.71. The zero-order valence-corrected chi connectivity index (χ0v) is 7.60. The van der Waals surface area contributed by atoms with E-state index in [9.17, 15) is 4.79 Å². The van der Waals surface area contributed by atoms with E-state index in [1.165, 1.54) is 0 Å². The van der Waals surface area contributed by atoms with Gasteiger partial charge >= 0.3 is 6.09 Å². The van der Waals surface area contributed by atoms with Crippen LogP contribution in [0.5, 0.6) is 5.75 Å². The van der Waals surface area contributed by atoms with E-state index in [2.05, 4.69) is 4.74 Å². The Morgan fingerprint density at radius 2 is 2.00 bits per heavy atom. The zero-order valence-electron chi connectivity index (χ0n) is 7.60. The lowest BCUT2D eigenvalue weighted by atomic mass is 10.3. The van der Waals surface area contributed by atoms with Crippen molar-refractivity contribution in [3.05, 3.63) is 24.3 Å². The van der Waals surface area contributed by atoms with Crippen molar-refractivity contribution in [2.45, 2.75) is 0 Å². The summed E-state index contributed by atoms with van der Waals surface area (Å²) >= 11 is 0. The molecule has 0 aliphatic rings. The first-order valence-corrected chi connectivity index (χ1v) is 4.09. The highest BCUT2D eigenvalue weighted by Crippen LogP contribution is 2.19. The van der Waals surface area contributed by atoms with Gasteiger partial charge in [-0.25, -0.2) is 4.79 Å². The largest absolute Gasteiger partial charge is 0.488 e. The number of carbonyl (C=O) groups excluding carboxylic acids is 1. The Morgan fingerprint density at radius 1 is 1.29 bits per heavy atom. The molecule has 5 nitrogen and oxygen atoms in total. The van der Waals surface area contributed by atoms with Gasteiger partial charge in [-0.2, -0.15) is 0 Å². The SMILES string of the molecule is NC(=O)OCCOc1ccccc1N. The van der Waals surface area contributed by atoms with Gasteiger partial charge in [0.1, 0.15) is 19.0 Å². The summed E-state index contributed by atoms with van der Waals surface area (Å²) in [5, 5.41) is 0. The van der Waals surface area contributed by atoms with Crippen LogP contribution in [0.2, 0.25) is 0 Å². The van der Waals surface area contributed by atoms with Crippen molar-refractivity contribution >= 4 is 11.8 Å². The number of ether oxygens (including phenoxy) is 2. The summed E-state index contributed by atoms with van der Waals surface area (Å²) in [7, 11) is 0. The molecule has 76 valence electrons. The molecule has 1 rings (SSSR count). The molecule has 0 spiro atoms. The molecule has 0 bridgehead atoms. The van der Waals surface area contributed by atoms with Crippen molar-refractivity contribution in [3.63, 3.8) is 0 Å². The van der Waals surface area contributed by atoms with E-state index in [4.69, 9.17) is 16.2 Å². The Morgan fingerprint density at radius 3 is 2.64 bits per heavy atom. The van der Waals surface area contributed by atoms with Crippen LogP contribution < -0.4 is 16.2 Å². The number of rotatable bonds is 4. The van der Waals surface area contributed by atoms with Crippen LogP contribution >= 0.6 is 0 Å². The normalized spacial score (nSPS) is 9.43. The van der Waals surface area contributed by atoms with Crippen LogP contribution in [-0.2, 0) is 4.74 Å². The first-order chi connectivity index (χ1) is 6.70. The molecular weight excluding hydrogens is 184 g/mol. The van der Waals surface area contributed by atoms with Crippen molar-refractivity contribution < 1.29 is 14.3 Å². The lowest BCUT2D eigenvalue weighted by molar-refractivity contribution is 0.134. The smallest absolute Gasteiger partial charge is 0.404 e. The van der Waals surface area contributed by atoms with E-state index >= 15 is 0 Å². The van der Waals surface area contributed by atoms with Crippen LogP contribution in [0.25, 0.3) is 0 Å².